The Morgan fingerprint density at radius 1 is 1.19 bits per heavy atom. The van der Waals surface area contributed by atoms with Crippen LogP contribution in [-0.4, -0.2) is 27.7 Å². The van der Waals surface area contributed by atoms with E-state index in [0.717, 1.165) is 18.2 Å². The third-order valence-electron chi connectivity index (χ3n) is 3.99. The molecule has 0 aliphatic rings. The summed E-state index contributed by atoms with van der Waals surface area (Å²) in [7, 11) is 1.33. The van der Waals surface area contributed by atoms with Crippen LogP contribution >= 0.6 is 0 Å². The van der Waals surface area contributed by atoms with E-state index in [1.807, 2.05) is 0 Å². The first-order valence-corrected chi connectivity index (χ1v) is 8.64. The van der Waals surface area contributed by atoms with Gasteiger partial charge < -0.3 is 14.8 Å². The first-order valence-electron chi connectivity index (χ1n) is 8.64. The standard InChI is InChI=1S/C19H15F3N4O5/c1-30-16-9-13(8-14(10-16)26(28)29)23-18(27)17-5-6-25(24-17)11-31-15-4-2-3-12(7-15)19(20,21)22/h2-10H,11H2,1H3,(H,23,27). The van der Waals surface area contributed by atoms with Crippen molar-refractivity contribution in [3.63, 3.8) is 0 Å². The number of ether oxygens (including phenoxy) is 2. The largest absolute Gasteiger partial charge is 0.496 e. The van der Waals surface area contributed by atoms with E-state index in [4.69, 9.17) is 9.47 Å². The molecule has 2 aromatic carbocycles. The van der Waals surface area contributed by atoms with Crippen molar-refractivity contribution in [1.82, 2.24) is 9.78 Å². The summed E-state index contributed by atoms with van der Waals surface area (Å²) in [5, 5.41) is 17.4. The van der Waals surface area contributed by atoms with Crippen LogP contribution in [-0.2, 0) is 12.9 Å². The van der Waals surface area contributed by atoms with Crippen molar-refractivity contribution in [2.75, 3.05) is 12.4 Å². The van der Waals surface area contributed by atoms with Crippen LogP contribution in [0.2, 0.25) is 0 Å². The third-order valence-corrected chi connectivity index (χ3v) is 3.99. The number of rotatable bonds is 7. The normalized spacial score (nSPS) is 11.1. The highest BCUT2D eigenvalue weighted by Gasteiger charge is 2.30. The summed E-state index contributed by atoms with van der Waals surface area (Å²) >= 11 is 0. The number of aromatic nitrogens is 2. The second-order valence-electron chi connectivity index (χ2n) is 6.17. The number of carbonyl (C=O) groups excluding carboxylic acids is 1. The van der Waals surface area contributed by atoms with Gasteiger partial charge in [-0.15, -0.1) is 0 Å². The number of alkyl halides is 3. The van der Waals surface area contributed by atoms with Gasteiger partial charge in [0.25, 0.3) is 11.6 Å². The molecule has 0 radical (unpaired) electrons. The summed E-state index contributed by atoms with van der Waals surface area (Å²) in [6.45, 7) is -0.237. The van der Waals surface area contributed by atoms with E-state index in [1.165, 1.54) is 48.3 Å². The van der Waals surface area contributed by atoms with Crippen molar-refractivity contribution in [2.24, 2.45) is 0 Å². The molecular formula is C19H15F3N4O5. The van der Waals surface area contributed by atoms with Crippen molar-refractivity contribution < 1.29 is 32.4 Å². The number of nitrogens with one attached hydrogen (secondary N) is 1. The smallest absolute Gasteiger partial charge is 0.416 e. The van der Waals surface area contributed by atoms with E-state index in [9.17, 15) is 28.1 Å². The van der Waals surface area contributed by atoms with Gasteiger partial charge in [-0.05, 0) is 24.3 Å². The molecule has 12 heteroatoms. The maximum absolute atomic E-state index is 12.8. The molecule has 0 aliphatic heterocycles. The number of hydrogen-bond donors (Lipinski definition) is 1. The molecule has 3 rings (SSSR count). The van der Waals surface area contributed by atoms with Crippen molar-refractivity contribution >= 4 is 17.3 Å². The van der Waals surface area contributed by atoms with Gasteiger partial charge in [-0.2, -0.15) is 18.3 Å². The van der Waals surface area contributed by atoms with Crippen LogP contribution in [0.1, 0.15) is 16.1 Å². The molecule has 1 N–H and O–H groups in total. The third kappa shape index (κ3) is 5.50. The minimum atomic E-state index is -4.49. The first kappa shape index (κ1) is 21.6. The number of benzene rings is 2. The van der Waals surface area contributed by atoms with E-state index in [-0.39, 0.29) is 35.3 Å². The topological polar surface area (TPSA) is 109 Å². The number of non-ortho nitro benzene ring substituents is 1. The van der Waals surface area contributed by atoms with Crippen molar-refractivity contribution in [2.45, 2.75) is 12.9 Å². The quantitative estimate of drug-likeness (QED) is 0.441. The molecule has 31 heavy (non-hydrogen) atoms. The fourth-order valence-electron chi connectivity index (χ4n) is 2.53. The molecule has 1 aromatic heterocycles. The number of nitro groups is 1. The number of carbonyl (C=O) groups is 1. The zero-order chi connectivity index (χ0) is 22.6. The minimum absolute atomic E-state index is 0.0139. The maximum atomic E-state index is 12.8. The van der Waals surface area contributed by atoms with Crippen LogP contribution in [0.15, 0.2) is 54.7 Å². The fourth-order valence-corrected chi connectivity index (χ4v) is 2.53. The predicted molar refractivity (Wildman–Crippen MR) is 102 cm³/mol. The monoisotopic (exact) mass is 436 g/mol. The summed E-state index contributed by atoms with van der Waals surface area (Å²) in [6.07, 6.45) is -3.10. The molecule has 0 aliphatic carbocycles. The van der Waals surface area contributed by atoms with E-state index < -0.39 is 22.6 Å². The second kappa shape index (κ2) is 8.73. The molecule has 0 bridgehead atoms. The molecule has 0 spiro atoms. The van der Waals surface area contributed by atoms with Crippen molar-refractivity contribution in [1.29, 1.82) is 0 Å². The molecular weight excluding hydrogens is 421 g/mol. The number of hydrogen-bond acceptors (Lipinski definition) is 6. The van der Waals surface area contributed by atoms with Gasteiger partial charge in [0.05, 0.1) is 29.4 Å². The fraction of sp³-hybridized carbons (Fsp3) is 0.158. The molecule has 0 unspecified atom stereocenters. The Morgan fingerprint density at radius 2 is 1.97 bits per heavy atom. The van der Waals surface area contributed by atoms with Crippen LogP contribution < -0.4 is 14.8 Å². The number of anilines is 1. The van der Waals surface area contributed by atoms with Gasteiger partial charge in [0.1, 0.15) is 11.5 Å². The molecule has 0 fully saturated rings. The summed E-state index contributed by atoms with van der Waals surface area (Å²) in [4.78, 5) is 22.7. The van der Waals surface area contributed by atoms with Crippen LogP contribution in [0.4, 0.5) is 24.5 Å². The average molecular weight is 436 g/mol. The predicted octanol–water partition coefficient (Wildman–Crippen LogP) is 4.11. The molecule has 1 amide bonds. The maximum Gasteiger partial charge on any atom is 0.416 e. The molecule has 3 aromatic rings. The average Bonchev–Trinajstić information content (AvgIpc) is 3.21. The lowest BCUT2D eigenvalue weighted by molar-refractivity contribution is -0.384. The van der Waals surface area contributed by atoms with E-state index in [2.05, 4.69) is 10.4 Å². The van der Waals surface area contributed by atoms with E-state index in [1.54, 1.807) is 0 Å². The zero-order valence-corrected chi connectivity index (χ0v) is 15.9. The number of nitro benzene ring substituents is 1. The summed E-state index contributed by atoms with van der Waals surface area (Å²) in [5.41, 5.74) is -1.02. The number of nitrogens with zero attached hydrogens (tertiary/aromatic N) is 3. The number of amides is 1. The van der Waals surface area contributed by atoms with Crippen molar-refractivity contribution in [3.05, 3.63) is 76.1 Å². The van der Waals surface area contributed by atoms with Gasteiger partial charge in [0, 0.05) is 18.3 Å². The first-order chi connectivity index (χ1) is 14.7. The Morgan fingerprint density at radius 3 is 2.65 bits per heavy atom. The van der Waals surface area contributed by atoms with Crippen LogP contribution in [0.25, 0.3) is 0 Å². The Kier molecular flexibility index (Phi) is 6.09. The van der Waals surface area contributed by atoms with Crippen LogP contribution in [0.3, 0.4) is 0 Å². The molecule has 1 heterocycles. The second-order valence-corrected chi connectivity index (χ2v) is 6.17. The lowest BCUT2D eigenvalue weighted by Gasteiger charge is -2.10. The molecule has 9 nitrogen and oxygen atoms in total. The van der Waals surface area contributed by atoms with Crippen LogP contribution in [0.5, 0.6) is 11.5 Å². The number of methoxy groups -OCH3 is 1. The van der Waals surface area contributed by atoms with Crippen molar-refractivity contribution in [3.8, 4) is 11.5 Å². The Labute approximate surface area is 173 Å². The molecule has 0 saturated heterocycles. The number of halogens is 3. The van der Waals surface area contributed by atoms with Gasteiger partial charge >= 0.3 is 6.18 Å². The molecule has 0 atom stereocenters. The summed E-state index contributed by atoms with van der Waals surface area (Å²) < 4.78 is 49.7. The van der Waals surface area contributed by atoms with Gasteiger partial charge in [-0.25, -0.2) is 4.68 Å². The van der Waals surface area contributed by atoms with Gasteiger partial charge in [-0.1, -0.05) is 6.07 Å². The molecule has 0 saturated carbocycles. The summed E-state index contributed by atoms with van der Waals surface area (Å²) in [6, 6.07) is 9.48. The summed E-state index contributed by atoms with van der Waals surface area (Å²) in [5.74, 6) is -0.482. The van der Waals surface area contributed by atoms with Gasteiger partial charge in [0.2, 0.25) is 0 Å². The lowest BCUT2D eigenvalue weighted by Crippen LogP contribution is -2.14. The Balaban J connectivity index is 1.66. The van der Waals surface area contributed by atoms with Gasteiger partial charge in [-0.3, -0.25) is 14.9 Å². The van der Waals surface area contributed by atoms with Crippen LogP contribution in [0, 0.1) is 10.1 Å². The lowest BCUT2D eigenvalue weighted by atomic mass is 10.2. The Bertz CT molecular complexity index is 1110. The SMILES string of the molecule is COc1cc(NC(=O)c2ccn(COc3cccc(C(F)(F)F)c3)n2)cc([N+](=O)[O-])c1. The zero-order valence-electron chi connectivity index (χ0n) is 15.9. The van der Waals surface area contributed by atoms with Gasteiger partial charge in [0.15, 0.2) is 12.4 Å². The molecule has 162 valence electrons. The van der Waals surface area contributed by atoms with E-state index in [0.29, 0.717) is 0 Å². The highest BCUT2D eigenvalue weighted by Crippen LogP contribution is 2.31. The minimum Gasteiger partial charge on any atom is -0.496 e. The Hall–Kier alpha value is -4.09. The van der Waals surface area contributed by atoms with E-state index >= 15 is 0 Å². The highest BCUT2D eigenvalue weighted by atomic mass is 19.4. The highest BCUT2D eigenvalue weighted by molar-refractivity contribution is 6.03.